The molecule has 1 aromatic rings. The molecular formula is C19H32N2. The summed E-state index contributed by atoms with van der Waals surface area (Å²) in [6.45, 7) is 6.44. The minimum atomic E-state index is 0.547. The average molecular weight is 288 g/mol. The summed E-state index contributed by atoms with van der Waals surface area (Å²) in [6.07, 6.45) is 8.45. The highest BCUT2D eigenvalue weighted by Gasteiger charge is 2.16. The molecule has 0 aliphatic heterocycles. The van der Waals surface area contributed by atoms with Gasteiger partial charge in [0.2, 0.25) is 0 Å². The molecular weight excluding hydrogens is 256 g/mol. The molecule has 0 unspecified atom stereocenters. The van der Waals surface area contributed by atoms with Crippen LogP contribution in [0.4, 0.5) is 0 Å². The van der Waals surface area contributed by atoms with E-state index in [1.54, 1.807) is 0 Å². The molecule has 1 saturated carbocycles. The van der Waals surface area contributed by atoms with Gasteiger partial charge >= 0.3 is 0 Å². The van der Waals surface area contributed by atoms with Gasteiger partial charge in [0.25, 0.3) is 0 Å². The zero-order chi connectivity index (χ0) is 15.1. The maximum atomic E-state index is 3.47. The lowest BCUT2D eigenvalue weighted by molar-refractivity contribution is 0.213. The summed E-state index contributed by atoms with van der Waals surface area (Å²) in [5.41, 5.74) is 2.82. The van der Waals surface area contributed by atoms with Crippen molar-refractivity contribution >= 4 is 0 Å². The summed E-state index contributed by atoms with van der Waals surface area (Å²) >= 11 is 0. The predicted octanol–water partition coefficient (Wildman–Crippen LogP) is 4.34. The van der Waals surface area contributed by atoms with Crippen LogP contribution in [-0.2, 0) is 13.1 Å². The second kappa shape index (κ2) is 8.55. The van der Waals surface area contributed by atoms with Gasteiger partial charge in [0.05, 0.1) is 0 Å². The lowest BCUT2D eigenvalue weighted by Gasteiger charge is -2.27. The van der Waals surface area contributed by atoms with Gasteiger partial charge in [-0.25, -0.2) is 0 Å². The Bertz CT molecular complexity index is 389. The van der Waals surface area contributed by atoms with Crippen molar-refractivity contribution in [3.63, 3.8) is 0 Å². The molecule has 21 heavy (non-hydrogen) atoms. The third kappa shape index (κ3) is 5.80. The van der Waals surface area contributed by atoms with Crippen LogP contribution in [0.3, 0.4) is 0 Å². The SMILES string of the molecule is CC(C)NCc1ccc(CN(C)C2CCCCCC2)cc1. The molecule has 0 radical (unpaired) electrons. The van der Waals surface area contributed by atoms with E-state index >= 15 is 0 Å². The largest absolute Gasteiger partial charge is 0.310 e. The van der Waals surface area contributed by atoms with Crippen LogP contribution in [0.25, 0.3) is 0 Å². The van der Waals surface area contributed by atoms with Crippen molar-refractivity contribution in [3.8, 4) is 0 Å². The Morgan fingerprint density at radius 1 is 1.00 bits per heavy atom. The van der Waals surface area contributed by atoms with E-state index in [1.807, 2.05) is 0 Å². The first-order valence-corrected chi connectivity index (χ1v) is 8.66. The van der Waals surface area contributed by atoms with E-state index in [0.29, 0.717) is 6.04 Å². The standard InChI is InChI=1S/C19H32N2/c1-16(2)20-14-17-10-12-18(13-11-17)15-21(3)19-8-6-4-5-7-9-19/h10-13,16,19-20H,4-9,14-15H2,1-3H3. The monoisotopic (exact) mass is 288 g/mol. The molecule has 0 heterocycles. The van der Waals surface area contributed by atoms with E-state index in [2.05, 4.69) is 55.4 Å². The van der Waals surface area contributed by atoms with Gasteiger partial charge in [0.1, 0.15) is 0 Å². The third-order valence-corrected chi connectivity index (χ3v) is 4.62. The lowest BCUT2D eigenvalue weighted by atomic mass is 10.1. The average Bonchev–Trinajstić information content (AvgIpc) is 2.75. The van der Waals surface area contributed by atoms with Crippen molar-refractivity contribution in [2.24, 2.45) is 0 Å². The third-order valence-electron chi connectivity index (χ3n) is 4.62. The Morgan fingerprint density at radius 3 is 2.14 bits per heavy atom. The predicted molar refractivity (Wildman–Crippen MR) is 91.4 cm³/mol. The van der Waals surface area contributed by atoms with Gasteiger partial charge in [-0.1, -0.05) is 63.8 Å². The molecule has 1 aliphatic rings. The summed E-state index contributed by atoms with van der Waals surface area (Å²) in [7, 11) is 2.30. The van der Waals surface area contributed by atoms with E-state index < -0.39 is 0 Å². The quantitative estimate of drug-likeness (QED) is 0.783. The molecule has 0 amide bonds. The molecule has 2 nitrogen and oxygen atoms in total. The Balaban J connectivity index is 1.84. The Hall–Kier alpha value is -0.860. The smallest absolute Gasteiger partial charge is 0.0233 e. The summed E-state index contributed by atoms with van der Waals surface area (Å²) in [6, 6.07) is 10.5. The van der Waals surface area contributed by atoms with E-state index in [1.165, 1.54) is 49.7 Å². The van der Waals surface area contributed by atoms with Gasteiger partial charge in [-0.3, -0.25) is 4.90 Å². The molecule has 0 spiro atoms. The van der Waals surface area contributed by atoms with Crippen LogP contribution in [-0.4, -0.2) is 24.0 Å². The molecule has 0 saturated heterocycles. The highest BCUT2D eigenvalue weighted by molar-refractivity contribution is 5.22. The maximum absolute atomic E-state index is 3.47. The zero-order valence-electron chi connectivity index (χ0n) is 14.1. The summed E-state index contributed by atoms with van der Waals surface area (Å²) in [5.74, 6) is 0. The maximum Gasteiger partial charge on any atom is 0.0233 e. The van der Waals surface area contributed by atoms with E-state index in [-0.39, 0.29) is 0 Å². The molecule has 1 fully saturated rings. The number of rotatable bonds is 6. The highest BCUT2D eigenvalue weighted by Crippen LogP contribution is 2.22. The molecule has 1 N–H and O–H groups in total. The Morgan fingerprint density at radius 2 is 1.57 bits per heavy atom. The number of hydrogen-bond donors (Lipinski definition) is 1. The first-order chi connectivity index (χ1) is 10.1. The number of benzene rings is 1. The molecule has 1 aliphatic carbocycles. The van der Waals surface area contributed by atoms with Crippen LogP contribution in [0.1, 0.15) is 63.5 Å². The number of hydrogen-bond acceptors (Lipinski definition) is 2. The summed E-state index contributed by atoms with van der Waals surface area (Å²) < 4.78 is 0. The molecule has 118 valence electrons. The van der Waals surface area contributed by atoms with Gasteiger partial charge in [0, 0.05) is 25.2 Å². The van der Waals surface area contributed by atoms with Crippen LogP contribution in [0.15, 0.2) is 24.3 Å². The molecule has 0 aromatic heterocycles. The van der Waals surface area contributed by atoms with Crippen molar-refractivity contribution < 1.29 is 0 Å². The van der Waals surface area contributed by atoms with Crippen LogP contribution >= 0.6 is 0 Å². The highest BCUT2D eigenvalue weighted by atomic mass is 15.1. The van der Waals surface area contributed by atoms with Crippen molar-refractivity contribution in [2.45, 2.75) is 77.5 Å². The second-order valence-electron chi connectivity index (χ2n) is 6.91. The van der Waals surface area contributed by atoms with Crippen molar-refractivity contribution in [1.29, 1.82) is 0 Å². The molecule has 2 heteroatoms. The minimum absolute atomic E-state index is 0.547. The minimum Gasteiger partial charge on any atom is -0.310 e. The van der Waals surface area contributed by atoms with E-state index in [4.69, 9.17) is 0 Å². The molecule has 0 bridgehead atoms. The van der Waals surface area contributed by atoms with E-state index in [0.717, 1.165) is 19.1 Å². The van der Waals surface area contributed by atoms with Crippen LogP contribution < -0.4 is 5.32 Å². The number of nitrogens with one attached hydrogen (secondary N) is 1. The summed E-state index contributed by atoms with van der Waals surface area (Å²) in [4.78, 5) is 2.56. The summed E-state index contributed by atoms with van der Waals surface area (Å²) in [5, 5.41) is 3.47. The van der Waals surface area contributed by atoms with Crippen LogP contribution in [0.5, 0.6) is 0 Å². The molecule has 1 aromatic carbocycles. The van der Waals surface area contributed by atoms with Gasteiger partial charge in [-0.05, 0) is 31.0 Å². The second-order valence-corrected chi connectivity index (χ2v) is 6.91. The van der Waals surface area contributed by atoms with Crippen molar-refractivity contribution in [2.75, 3.05) is 7.05 Å². The van der Waals surface area contributed by atoms with Crippen molar-refractivity contribution in [1.82, 2.24) is 10.2 Å². The number of nitrogens with zero attached hydrogens (tertiary/aromatic N) is 1. The van der Waals surface area contributed by atoms with Crippen LogP contribution in [0.2, 0.25) is 0 Å². The van der Waals surface area contributed by atoms with Gasteiger partial charge < -0.3 is 5.32 Å². The van der Waals surface area contributed by atoms with Crippen LogP contribution in [0, 0.1) is 0 Å². The lowest BCUT2D eigenvalue weighted by Crippen LogP contribution is -2.30. The fourth-order valence-electron chi connectivity index (χ4n) is 3.20. The fourth-order valence-corrected chi connectivity index (χ4v) is 3.20. The molecule has 2 rings (SSSR count). The van der Waals surface area contributed by atoms with Crippen molar-refractivity contribution in [3.05, 3.63) is 35.4 Å². The van der Waals surface area contributed by atoms with Gasteiger partial charge in [-0.2, -0.15) is 0 Å². The Labute approximate surface area is 130 Å². The molecule has 0 atom stereocenters. The fraction of sp³-hybridized carbons (Fsp3) is 0.684. The topological polar surface area (TPSA) is 15.3 Å². The normalized spacial score (nSPS) is 17.4. The first-order valence-electron chi connectivity index (χ1n) is 8.66. The van der Waals surface area contributed by atoms with Gasteiger partial charge in [0.15, 0.2) is 0 Å². The van der Waals surface area contributed by atoms with Gasteiger partial charge in [-0.15, -0.1) is 0 Å². The first kappa shape index (κ1) is 16.5. The van der Waals surface area contributed by atoms with E-state index in [9.17, 15) is 0 Å². The zero-order valence-corrected chi connectivity index (χ0v) is 14.1. The Kier molecular flexibility index (Phi) is 6.72.